The van der Waals surface area contributed by atoms with E-state index in [0.29, 0.717) is 127 Å². The molecule has 0 radical (unpaired) electrons. The van der Waals surface area contributed by atoms with Crippen molar-refractivity contribution in [1.29, 1.82) is 0 Å². The first-order valence-electron chi connectivity index (χ1n) is 46.6. The zero-order valence-corrected chi connectivity index (χ0v) is 83.6. The van der Waals surface area contributed by atoms with Crippen LogP contribution in [-0.2, 0) is 63.6 Å². The summed E-state index contributed by atoms with van der Waals surface area (Å²) in [5, 5.41) is 9.26. The van der Waals surface area contributed by atoms with Crippen LogP contribution in [0.4, 0.5) is 0 Å². The molecule has 5 aromatic rings. The van der Waals surface area contributed by atoms with Gasteiger partial charge in [-0.15, -0.1) is 0 Å². The lowest BCUT2D eigenvalue weighted by atomic mass is 9.83. The SMILES string of the molecule is CC(=O)Oc1ccc(C(COC(C)C)C(C)C)cc1.CC(C)OCC(C(C)C)C1CC1.CC(C)OCC(C(C)C)C1CCOC1.CC(C)OCC(C)C(C)C.CC(C)OCC(c1ccc(O)cc1)C(C)C.CC(C)OCC(c1ccc(OCc2ccccc2)cc1)C(C)C.CC(C)OCC(c1cccnc1)C(C)C.COC(=O)C(COC(C)C)C(C)C. The molecule has 9 unspecified atom stereocenters. The number of phenols is 1. The lowest BCUT2D eigenvalue weighted by Gasteiger charge is -2.26. The minimum absolute atomic E-state index is 0.146. The van der Waals surface area contributed by atoms with Crippen LogP contribution in [0.3, 0.4) is 0 Å². The van der Waals surface area contributed by atoms with E-state index in [1.165, 1.54) is 61.1 Å². The molecule has 2 fully saturated rings. The third kappa shape index (κ3) is 56.3. The van der Waals surface area contributed by atoms with E-state index in [4.69, 9.17) is 52.1 Å². The number of ether oxygens (including phenoxy) is 12. The fourth-order valence-corrected chi connectivity index (χ4v) is 13.0. The van der Waals surface area contributed by atoms with Gasteiger partial charge in [0.2, 0.25) is 0 Å². The van der Waals surface area contributed by atoms with Gasteiger partial charge < -0.3 is 61.9 Å². The molecule has 4 aromatic carbocycles. The number of hydrogen-bond donors (Lipinski definition) is 1. The van der Waals surface area contributed by atoms with Gasteiger partial charge in [-0.25, -0.2) is 0 Å². The van der Waals surface area contributed by atoms with Crippen LogP contribution in [0.5, 0.6) is 17.2 Å². The number of rotatable bonds is 43. The molecule has 700 valence electrons. The summed E-state index contributed by atoms with van der Waals surface area (Å²) >= 11 is 0. The second-order valence-corrected chi connectivity index (χ2v) is 38.2. The second kappa shape index (κ2) is 66.6. The van der Waals surface area contributed by atoms with Gasteiger partial charge in [0.15, 0.2) is 0 Å². The van der Waals surface area contributed by atoms with Gasteiger partial charge in [-0.05, 0) is 277 Å². The number of carbonyl (C=O) groups is 2. The van der Waals surface area contributed by atoms with Crippen molar-refractivity contribution in [1.82, 2.24) is 4.98 Å². The lowest BCUT2D eigenvalue weighted by molar-refractivity contribution is -0.150. The van der Waals surface area contributed by atoms with Gasteiger partial charge in [0.1, 0.15) is 23.9 Å². The quantitative estimate of drug-likeness (QED) is 0.0288. The molecule has 0 amide bonds. The van der Waals surface area contributed by atoms with E-state index in [-0.39, 0.29) is 48.2 Å². The third-order valence-electron chi connectivity index (χ3n) is 21.7. The number of aromatic nitrogens is 1. The topological polar surface area (TPSA) is 178 Å². The number of aromatic hydroxyl groups is 1. The molecule has 1 N–H and O–H groups in total. The van der Waals surface area contributed by atoms with E-state index >= 15 is 0 Å². The van der Waals surface area contributed by atoms with E-state index < -0.39 is 0 Å². The van der Waals surface area contributed by atoms with Crippen molar-refractivity contribution in [2.45, 2.75) is 334 Å². The standard InChI is InChI=1S/C21H28O2.C16H24O3.C14H22O2.C13H21NO.C12H24O2.C11H22O.C10H20O3.C9H20O/c1-16(2)21(15-22-17(3)4)19-10-12-20(13-11-19)23-14-18-8-6-5-7-9-18;1-11(2)16(10-18-12(3)4)14-6-8-15(9-7-14)19-13(5)17;1-10(2)14(9-16-11(3)4)12-5-7-13(15)8-6-12;1-10(2)13(9-15-11(3)4)12-6-5-7-14-8-12;1-9(2)12(8-14-10(3)4)11-5-6-13-7-11;1-8(2)11(10-5-6-10)7-12-9(3)4;1-7(2)9(10(11)12-5)6-13-8(3)4;1-7(2)9(5)6-10-8(3)4/h5-13,16-17,21H,14-15H2,1-4H3;6-9,11-12,16H,10H2,1-5H3;5-8,10-11,14-15H,9H2,1-4H3;5-8,10-11,13H,9H2,1-4H3;9-12H,5-8H2,1-4H3;8-11H,5-7H2,1-4H3;7-9H,6H2,1-5H3;7-9H,6H2,1-5H3. The fourth-order valence-electron chi connectivity index (χ4n) is 13.0. The number of esters is 2. The Hall–Kier alpha value is -5.79. The first-order chi connectivity index (χ1) is 57.3. The Labute approximate surface area is 746 Å². The number of phenolic OH excluding ortho intramolecular Hbond substituents is 1. The predicted molar refractivity (Wildman–Crippen MR) is 509 cm³/mol. The number of nitrogens with zero attached hydrogens (tertiary/aromatic N) is 1. The molecule has 122 heavy (non-hydrogen) atoms. The molecule has 0 spiro atoms. The zero-order valence-electron chi connectivity index (χ0n) is 83.6. The van der Waals surface area contributed by atoms with E-state index in [1.54, 1.807) is 12.1 Å². The molecule has 9 atom stereocenters. The van der Waals surface area contributed by atoms with Crippen LogP contribution in [-0.4, -0.2) is 144 Å². The smallest absolute Gasteiger partial charge is 0.311 e. The van der Waals surface area contributed by atoms with Crippen LogP contribution in [0.2, 0.25) is 0 Å². The molecule has 2 aliphatic rings. The third-order valence-corrected chi connectivity index (χ3v) is 21.7. The number of hydrogen-bond acceptors (Lipinski definition) is 16. The van der Waals surface area contributed by atoms with Crippen LogP contribution in [0.15, 0.2) is 128 Å². The molecule has 2 heterocycles. The highest BCUT2D eigenvalue weighted by Gasteiger charge is 2.34. The Morgan fingerprint density at radius 2 is 0.738 bits per heavy atom. The van der Waals surface area contributed by atoms with E-state index in [1.807, 2.05) is 128 Å². The second-order valence-electron chi connectivity index (χ2n) is 38.2. The van der Waals surface area contributed by atoms with Crippen LogP contribution < -0.4 is 9.47 Å². The molecule has 1 aliphatic heterocycles. The van der Waals surface area contributed by atoms with Crippen LogP contribution in [0.1, 0.15) is 306 Å². The zero-order chi connectivity index (χ0) is 92.7. The molecular formula is C106H181NO15. The van der Waals surface area contributed by atoms with Gasteiger partial charge in [-0.3, -0.25) is 14.6 Å². The van der Waals surface area contributed by atoms with Crippen LogP contribution in [0.25, 0.3) is 0 Å². The first-order valence-corrected chi connectivity index (χ1v) is 46.6. The highest BCUT2D eigenvalue weighted by atomic mass is 16.5. The highest BCUT2D eigenvalue weighted by Crippen LogP contribution is 2.41. The summed E-state index contributed by atoms with van der Waals surface area (Å²) < 4.78 is 66.2. The van der Waals surface area contributed by atoms with Gasteiger partial charge in [-0.2, -0.15) is 0 Å². The van der Waals surface area contributed by atoms with Gasteiger partial charge in [0.25, 0.3) is 0 Å². The van der Waals surface area contributed by atoms with Crippen LogP contribution in [0, 0.1) is 82.9 Å². The van der Waals surface area contributed by atoms with Gasteiger partial charge in [-0.1, -0.05) is 190 Å². The Balaban J connectivity index is 0.00000139. The summed E-state index contributed by atoms with van der Waals surface area (Å²) in [7, 11) is 1.41. The minimum atomic E-state index is -0.295. The number of benzene rings is 4. The van der Waals surface area contributed by atoms with E-state index in [9.17, 15) is 14.7 Å². The fraction of sp³-hybridized carbons (Fsp3) is 0.708. The maximum Gasteiger partial charge on any atom is 0.311 e. The Kier molecular flexibility index (Phi) is 63.4. The molecule has 1 aromatic heterocycles. The maximum absolute atomic E-state index is 11.3. The highest BCUT2D eigenvalue weighted by molar-refractivity contribution is 5.72. The summed E-state index contributed by atoms with van der Waals surface area (Å²) in [6, 6.07) is 37.9. The summed E-state index contributed by atoms with van der Waals surface area (Å²) in [6.45, 7) is 80.6. The van der Waals surface area contributed by atoms with Crippen molar-refractivity contribution in [2.24, 2.45) is 82.9 Å². The van der Waals surface area contributed by atoms with Crippen molar-refractivity contribution < 1.29 is 71.5 Å². The maximum atomic E-state index is 11.3. The minimum Gasteiger partial charge on any atom is -0.508 e. The van der Waals surface area contributed by atoms with Gasteiger partial charge >= 0.3 is 11.9 Å². The molecule has 0 bridgehead atoms. The van der Waals surface area contributed by atoms with E-state index in [2.05, 4.69) is 225 Å². The average Bonchev–Trinajstić information content (AvgIpc) is 1.66. The Morgan fingerprint density at radius 3 is 1.06 bits per heavy atom. The first kappa shape index (κ1) is 116. The average molecular weight is 1710 g/mol. The summed E-state index contributed by atoms with van der Waals surface area (Å²) in [4.78, 5) is 26.3. The Bertz CT molecular complexity index is 3270. The number of methoxy groups -OCH3 is 1. The summed E-state index contributed by atoms with van der Waals surface area (Å²) in [5.74, 6) is 11.3. The normalized spacial score (nSPS) is 15.3. The van der Waals surface area contributed by atoms with Crippen LogP contribution >= 0.6 is 0 Å². The molecule has 16 heteroatoms. The summed E-state index contributed by atoms with van der Waals surface area (Å²) in [6.07, 6.45) is 10.2. The van der Waals surface area contributed by atoms with E-state index in [0.717, 1.165) is 82.3 Å². The van der Waals surface area contributed by atoms with Crippen molar-refractivity contribution in [3.05, 3.63) is 155 Å². The lowest BCUT2D eigenvalue weighted by Crippen LogP contribution is -2.27. The van der Waals surface area contributed by atoms with Crippen molar-refractivity contribution in [3.63, 3.8) is 0 Å². The molecule has 1 aliphatic carbocycles. The van der Waals surface area contributed by atoms with Crippen molar-refractivity contribution in [3.8, 4) is 17.2 Å². The van der Waals surface area contributed by atoms with Crippen molar-refractivity contribution in [2.75, 3.05) is 73.2 Å². The summed E-state index contributed by atoms with van der Waals surface area (Å²) in [5.41, 5.74) is 6.21. The molecule has 7 rings (SSSR count). The molecule has 1 saturated heterocycles. The Morgan fingerprint density at radius 1 is 0.377 bits per heavy atom. The van der Waals surface area contributed by atoms with Crippen molar-refractivity contribution >= 4 is 11.9 Å². The molecular weight excluding hydrogens is 1530 g/mol. The largest absolute Gasteiger partial charge is 0.508 e. The predicted octanol–water partition coefficient (Wildman–Crippen LogP) is 26.4. The monoisotopic (exact) mass is 1710 g/mol. The molecule has 16 nitrogen and oxygen atoms in total. The van der Waals surface area contributed by atoms with Gasteiger partial charge in [0.05, 0.1) is 108 Å². The number of carbonyl (C=O) groups excluding carboxylic acids is 2. The number of pyridine rings is 1. The molecule has 1 saturated carbocycles. The van der Waals surface area contributed by atoms with Gasteiger partial charge in [0, 0.05) is 62.8 Å².